The number of benzene rings is 1. The number of hydrogen-bond donors (Lipinski definition) is 0. The average Bonchev–Trinajstić information content (AvgIpc) is 2.90. The average molecular weight is 410 g/mol. The molecule has 0 atom stereocenters. The van der Waals surface area contributed by atoms with Gasteiger partial charge in [-0.15, -0.1) is 0 Å². The van der Waals surface area contributed by atoms with Gasteiger partial charge in [0.15, 0.2) is 4.77 Å². The normalized spacial score (nSPS) is 15.1. The van der Waals surface area contributed by atoms with Crippen molar-refractivity contribution < 1.29 is 9.53 Å². The number of piperazine rings is 1. The van der Waals surface area contributed by atoms with Crippen molar-refractivity contribution in [3.05, 3.63) is 39.9 Å². The molecule has 1 fully saturated rings. The van der Waals surface area contributed by atoms with Crippen LogP contribution in [0.1, 0.15) is 12.7 Å². The summed E-state index contributed by atoms with van der Waals surface area (Å²) in [6, 6.07) is 7.94. The van der Waals surface area contributed by atoms with Crippen LogP contribution in [-0.2, 0) is 29.7 Å². The maximum atomic E-state index is 11.7. The van der Waals surface area contributed by atoms with E-state index in [1.165, 1.54) is 0 Å². The Bertz CT molecular complexity index is 858. The topological polar surface area (TPSA) is 55.5 Å². The predicted molar refractivity (Wildman–Crippen MR) is 108 cm³/mol. The highest BCUT2D eigenvalue weighted by Crippen LogP contribution is 2.21. The SMILES string of the molecule is CCOC(=O)Cc1nn(CN2CCN(c3cccc(Cl)c3)CC2)c(=S)n1C. The van der Waals surface area contributed by atoms with Crippen molar-refractivity contribution in [2.24, 2.45) is 7.05 Å². The van der Waals surface area contributed by atoms with Gasteiger partial charge in [0.25, 0.3) is 0 Å². The molecule has 0 spiro atoms. The molecule has 1 aliphatic rings. The third-order valence-corrected chi connectivity index (χ3v) is 5.34. The van der Waals surface area contributed by atoms with E-state index in [4.69, 9.17) is 28.6 Å². The first-order valence-electron chi connectivity index (χ1n) is 8.99. The van der Waals surface area contributed by atoms with E-state index >= 15 is 0 Å². The summed E-state index contributed by atoms with van der Waals surface area (Å²) >= 11 is 11.6. The summed E-state index contributed by atoms with van der Waals surface area (Å²) in [5, 5.41) is 5.27. The van der Waals surface area contributed by atoms with Gasteiger partial charge in [0, 0.05) is 43.9 Å². The van der Waals surface area contributed by atoms with Crippen LogP contribution >= 0.6 is 23.8 Å². The Kier molecular flexibility index (Phi) is 6.51. The molecule has 1 aromatic carbocycles. The Balaban J connectivity index is 1.60. The van der Waals surface area contributed by atoms with Gasteiger partial charge in [-0.2, -0.15) is 5.10 Å². The number of ether oxygens (including phenoxy) is 1. The van der Waals surface area contributed by atoms with Gasteiger partial charge in [-0.1, -0.05) is 17.7 Å². The lowest BCUT2D eigenvalue weighted by Gasteiger charge is -2.35. The Morgan fingerprint density at radius 1 is 1.30 bits per heavy atom. The molecule has 1 aliphatic heterocycles. The van der Waals surface area contributed by atoms with Crippen molar-refractivity contribution in [3.8, 4) is 0 Å². The van der Waals surface area contributed by atoms with Crippen LogP contribution in [0.2, 0.25) is 5.02 Å². The van der Waals surface area contributed by atoms with Crippen molar-refractivity contribution >= 4 is 35.5 Å². The fraction of sp³-hybridized carbons (Fsp3) is 0.500. The van der Waals surface area contributed by atoms with E-state index in [9.17, 15) is 4.79 Å². The maximum Gasteiger partial charge on any atom is 0.313 e. The van der Waals surface area contributed by atoms with Crippen LogP contribution in [0.5, 0.6) is 0 Å². The summed E-state index contributed by atoms with van der Waals surface area (Å²) in [5.74, 6) is 0.332. The van der Waals surface area contributed by atoms with Crippen LogP contribution in [0.4, 0.5) is 5.69 Å². The van der Waals surface area contributed by atoms with Crippen molar-refractivity contribution in [1.29, 1.82) is 0 Å². The minimum absolute atomic E-state index is 0.128. The largest absolute Gasteiger partial charge is 0.466 e. The van der Waals surface area contributed by atoms with E-state index in [-0.39, 0.29) is 12.4 Å². The highest BCUT2D eigenvalue weighted by molar-refractivity contribution is 7.71. The molecule has 1 aromatic heterocycles. The summed E-state index contributed by atoms with van der Waals surface area (Å²) in [4.78, 5) is 16.4. The fourth-order valence-corrected chi connectivity index (χ4v) is 3.52. The molecule has 0 N–H and O–H groups in total. The first-order valence-corrected chi connectivity index (χ1v) is 9.77. The second-order valence-electron chi connectivity index (χ2n) is 6.47. The summed E-state index contributed by atoms with van der Waals surface area (Å²) in [6.45, 7) is 6.39. The predicted octanol–water partition coefficient (Wildman–Crippen LogP) is 2.49. The van der Waals surface area contributed by atoms with Gasteiger partial charge >= 0.3 is 5.97 Å². The van der Waals surface area contributed by atoms with Crippen molar-refractivity contribution in [3.63, 3.8) is 0 Å². The Labute approximate surface area is 169 Å². The van der Waals surface area contributed by atoms with Crippen LogP contribution in [0, 0.1) is 4.77 Å². The molecule has 146 valence electrons. The number of halogens is 1. The second-order valence-corrected chi connectivity index (χ2v) is 7.27. The summed E-state index contributed by atoms with van der Waals surface area (Å²) in [5.41, 5.74) is 1.15. The molecular formula is C18H24ClN5O2S. The molecule has 0 unspecified atom stereocenters. The van der Waals surface area contributed by atoms with Gasteiger partial charge in [-0.3, -0.25) is 9.69 Å². The number of aromatic nitrogens is 3. The Hall–Kier alpha value is -1.90. The monoisotopic (exact) mass is 409 g/mol. The number of hydrogen-bond acceptors (Lipinski definition) is 6. The molecule has 2 heterocycles. The lowest BCUT2D eigenvalue weighted by Crippen LogP contribution is -2.47. The molecule has 1 saturated heterocycles. The van der Waals surface area contributed by atoms with Gasteiger partial charge in [-0.25, -0.2) is 4.68 Å². The van der Waals surface area contributed by atoms with Gasteiger partial charge in [-0.05, 0) is 37.3 Å². The molecule has 0 radical (unpaired) electrons. The minimum atomic E-state index is -0.289. The molecule has 7 nitrogen and oxygen atoms in total. The zero-order valence-electron chi connectivity index (χ0n) is 15.6. The quantitative estimate of drug-likeness (QED) is 0.539. The first kappa shape index (κ1) is 19.9. The number of nitrogens with zero attached hydrogens (tertiary/aromatic N) is 5. The smallest absolute Gasteiger partial charge is 0.313 e. The van der Waals surface area contributed by atoms with Crippen LogP contribution in [0.3, 0.4) is 0 Å². The van der Waals surface area contributed by atoms with Gasteiger partial charge in [0.1, 0.15) is 12.2 Å². The van der Waals surface area contributed by atoms with E-state index in [1.807, 2.05) is 25.2 Å². The van der Waals surface area contributed by atoms with Crippen molar-refractivity contribution in [2.45, 2.75) is 20.0 Å². The molecule has 0 amide bonds. The Morgan fingerprint density at radius 2 is 2.04 bits per heavy atom. The second kappa shape index (κ2) is 8.86. The van der Waals surface area contributed by atoms with E-state index in [0.29, 0.717) is 23.9 Å². The van der Waals surface area contributed by atoms with E-state index < -0.39 is 0 Å². The molecule has 0 aliphatic carbocycles. The highest BCUT2D eigenvalue weighted by atomic mass is 35.5. The third-order valence-electron chi connectivity index (χ3n) is 4.62. The van der Waals surface area contributed by atoms with E-state index in [1.54, 1.807) is 16.2 Å². The number of carbonyl (C=O) groups excluding carboxylic acids is 1. The van der Waals surface area contributed by atoms with Crippen LogP contribution in [-0.4, -0.2) is 58.0 Å². The minimum Gasteiger partial charge on any atom is -0.466 e. The molecule has 9 heteroatoms. The highest BCUT2D eigenvalue weighted by Gasteiger charge is 2.19. The van der Waals surface area contributed by atoms with Crippen molar-refractivity contribution in [2.75, 3.05) is 37.7 Å². The van der Waals surface area contributed by atoms with Crippen molar-refractivity contribution in [1.82, 2.24) is 19.2 Å². The number of anilines is 1. The number of carbonyl (C=O) groups is 1. The standard InChI is InChI=1S/C18H24ClN5O2S/c1-3-26-17(25)12-16-20-24(18(27)21(16)2)13-22-7-9-23(10-8-22)15-6-4-5-14(19)11-15/h4-6,11H,3,7-10,12-13H2,1-2H3. The summed E-state index contributed by atoms with van der Waals surface area (Å²) in [7, 11) is 1.83. The zero-order valence-corrected chi connectivity index (χ0v) is 17.2. The molecule has 0 saturated carbocycles. The zero-order chi connectivity index (χ0) is 19.4. The lowest BCUT2D eigenvalue weighted by molar-refractivity contribution is -0.142. The maximum absolute atomic E-state index is 11.7. The molecule has 0 bridgehead atoms. The molecule has 3 rings (SSSR count). The van der Waals surface area contributed by atoms with E-state index in [0.717, 1.165) is 36.9 Å². The third kappa shape index (κ3) is 4.88. The van der Waals surface area contributed by atoms with Gasteiger partial charge < -0.3 is 14.2 Å². The van der Waals surface area contributed by atoms with Crippen LogP contribution in [0.15, 0.2) is 24.3 Å². The molecular weight excluding hydrogens is 386 g/mol. The summed E-state index contributed by atoms with van der Waals surface area (Å²) in [6.07, 6.45) is 0.128. The lowest BCUT2D eigenvalue weighted by atomic mass is 10.2. The van der Waals surface area contributed by atoms with Crippen LogP contribution < -0.4 is 4.90 Å². The number of rotatable bonds is 6. The number of esters is 1. The first-order chi connectivity index (χ1) is 13.0. The fourth-order valence-electron chi connectivity index (χ4n) is 3.13. The van der Waals surface area contributed by atoms with Gasteiger partial charge in [0.2, 0.25) is 0 Å². The molecule has 27 heavy (non-hydrogen) atoms. The Morgan fingerprint density at radius 3 is 2.70 bits per heavy atom. The van der Waals surface area contributed by atoms with Crippen LogP contribution in [0.25, 0.3) is 0 Å². The molecule has 2 aromatic rings. The van der Waals surface area contributed by atoms with Gasteiger partial charge in [0.05, 0.1) is 13.3 Å². The summed E-state index contributed by atoms with van der Waals surface area (Å²) < 4.78 is 9.15. The van der Waals surface area contributed by atoms with E-state index in [2.05, 4.69) is 21.0 Å².